The maximum atomic E-state index is 11.7. The predicted molar refractivity (Wildman–Crippen MR) is 74.1 cm³/mol. The van der Waals surface area contributed by atoms with Gasteiger partial charge in [-0.05, 0) is 31.5 Å². The molecule has 6 heteroatoms. The Kier molecular flexibility index (Phi) is 5.25. The fourth-order valence-electron chi connectivity index (χ4n) is 1.76. The third-order valence-corrected chi connectivity index (χ3v) is 2.86. The summed E-state index contributed by atoms with van der Waals surface area (Å²) in [4.78, 5) is 15.8. The molecule has 20 heavy (non-hydrogen) atoms. The summed E-state index contributed by atoms with van der Waals surface area (Å²) in [5.74, 6) is 0.396. The van der Waals surface area contributed by atoms with Gasteiger partial charge in [0.15, 0.2) is 0 Å². The first-order valence-electron chi connectivity index (χ1n) is 6.56. The number of nitrogens with one attached hydrogen (secondary N) is 2. The van der Waals surface area contributed by atoms with Crippen LogP contribution in [-0.2, 0) is 6.54 Å². The van der Waals surface area contributed by atoms with Gasteiger partial charge >= 0.3 is 0 Å². The Morgan fingerprint density at radius 3 is 2.95 bits per heavy atom. The molecule has 106 valence electrons. The summed E-state index contributed by atoms with van der Waals surface area (Å²) in [5, 5.41) is 9.71. The van der Waals surface area contributed by atoms with Crippen LogP contribution < -0.4 is 10.6 Å². The van der Waals surface area contributed by atoms with E-state index in [1.807, 2.05) is 18.3 Å². The second-order valence-electron chi connectivity index (χ2n) is 4.44. The van der Waals surface area contributed by atoms with Crippen molar-refractivity contribution in [2.45, 2.75) is 19.9 Å². The van der Waals surface area contributed by atoms with Crippen molar-refractivity contribution in [3.8, 4) is 0 Å². The first-order chi connectivity index (χ1) is 9.77. The second-order valence-corrected chi connectivity index (χ2v) is 4.44. The maximum Gasteiger partial charge on any atom is 0.256 e. The highest BCUT2D eigenvalue weighted by molar-refractivity contribution is 5.94. The van der Waals surface area contributed by atoms with Gasteiger partial charge in [-0.1, -0.05) is 11.2 Å². The molecular weight excluding hydrogens is 256 g/mol. The Morgan fingerprint density at radius 2 is 2.25 bits per heavy atom. The molecule has 2 N–H and O–H groups in total. The molecular formula is C14H18N4O2. The van der Waals surface area contributed by atoms with E-state index in [0.717, 1.165) is 25.1 Å². The smallest absolute Gasteiger partial charge is 0.256 e. The average Bonchev–Trinajstić information content (AvgIpc) is 2.90. The average molecular weight is 274 g/mol. The number of aryl methyl sites for hydroxylation is 1. The SMILES string of the molecule is Cc1oncc1C(=O)NCCCNCc1cccnc1. The van der Waals surface area contributed by atoms with Crippen molar-refractivity contribution in [1.29, 1.82) is 0 Å². The predicted octanol–water partition coefficient (Wildman–Crippen LogP) is 1.29. The van der Waals surface area contributed by atoms with Gasteiger partial charge in [-0.15, -0.1) is 0 Å². The van der Waals surface area contributed by atoms with Gasteiger partial charge < -0.3 is 15.2 Å². The van der Waals surface area contributed by atoms with Gasteiger partial charge in [0.25, 0.3) is 5.91 Å². The topological polar surface area (TPSA) is 80.0 Å². The molecule has 0 aliphatic carbocycles. The van der Waals surface area contributed by atoms with Crippen molar-refractivity contribution in [3.05, 3.63) is 47.6 Å². The number of carbonyl (C=O) groups is 1. The van der Waals surface area contributed by atoms with E-state index >= 15 is 0 Å². The van der Waals surface area contributed by atoms with Gasteiger partial charge in [0.1, 0.15) is 11.3 Å². The molecule has 2 aromatic heterocycles. The number of rotatable bonds is 7. The van der Waals surface area contributed by atoms with Gasteiger partial charge in [-0.3, -0.25) is 9.78 Å². The van der Waals surface area contributed by atoms with Crippen molar-refractivity contribution in [3.63, 3.8) is 0 Å². The quantitative estimate of drug-likeness (QED) is 0.744. The molecule has 6 nitrogen and oxygen atoms in total. The minimum atomic E-state index is -0.143. The number of pyridine rings is 1. The standard InChI is InChI=1S/C14H18N4O2/c1-11-13(10-18-20-11)14(19)17-7-3-6-16-9-12-4-2-5-15-8-12/h2,4-5,8,10,16H,3,6-7,9H2,1H3,(H,17,19). The second kappa shape index (κ2) is 7.40. The molecule has 0 saturated heterocycles. The van der Waals surface area contributed by atoms with E-state index in [4.69, 9.17) is 4.52 Å². The van der Waals surface area contributed by atoms with Crippen LogP contribution in [0.4, 0.5) is 0 Å². The highest BCUT2D eigenvalue weighted by atomic mass is 16.5. The van der Waals surface area contributed by atoms with Gasteiger partial charge in [-0.25, -0.2) is 0 Å². The normalized spacial score (nSPS) is 10.4. The zero-order valence-electron chi connectivity index (χ0n) is 11.4. The number of hydrogen-bond acceptors (Lipinski definition) is 5. The van der Waals surface area contributed by atoms with Crippen molar-refractivity contribution in [2.75, 3.05) is 13.1 Å². The van der Waals surface area contributed by atoms with Crippen molar-refractivity contribution in [1.82, 2.24) is 20.8 Å². The maximum absolute atomic E-state index is 11.7. The number of aromatic nitrogens is 2. The lowest BCUT2D eigenvalue weighted by molar-refractivity contribution is 0.0951. The van der Waals surface area contributed by atoms with Crippen molar-refractivity contribution in [2.24, 2.45) is 0 Å². The van der Waals surface area contributed by atoms with E-state index in [9.17, 15) is 4.79 Å². The minimum Gasteiger partial charge on any atom is -0.361 e. The molecule has 1 amide bonds. The molecule has 2 rings (SSSR count). The van der Waals surface area contributed by atoms with Gasteiger partial charge in [0.2, 0.25) is 0 Å². The highest BCUT2D eigenvalue weighted by Crippen LogP contribution is 2.04. The summed E-state index contributed by atoms with van der Waals surface area (Å²) in [6.45, 7) is 3.95. The zero-order chi connectivity index (χ0) is 14.2. The summed E-state index contributed by atoms with van der Waals surface area (Å²) in [6, 6.07) is 3.94. The first-order valence-corrected chi connectivity index (χ1v) is 6.56. The Labute approximate surface area is 117 Å². The number of hydrogen-bond donors (Lipinski definition) is 2. The monoisotopic (exact) mass is 274 g/mol. The van der Waals surface area contributed by atoms with Crippen LogP contribution in [0.15, 0.2) is 35.2 Å². The minimum absolute atomic E-state index is 0.143. The van der Waals surface area contributed by atoms with E-state index in [-0.39, 0.29) is 5.91 Å². The summed E-state index contributed by atoms with van der Waals surface area (Å²) >= 11 is 0. The highest BCUT2D eigenvalue weighted by Gasteiger charge is 2.11. The summed E-state index contributed by atoms with van der Waals surface area (Å²) in [5.41, 5.74) is 1.64. The molecule has 0 unspecified atom stereocenters. The molecule has 2 heterocycles. The van der Waals surface area contributed by atoms with Crippen LogP contribution in [0.25, 0.3) is 0 Å². The molecule has 2 aromatic rings. The van der Waals surface area contributed by atoms with Crippen molar-refractivity contribution < 1.29 is 9.32 Å². The molecule has 0 bridgehead atoms. The molecule has 0 saturated carbocycles. The van der Waals surface area contributed by atoms with Crippen LogP contribution in [-0.4, -0.2) is 29.1 Å². The summed E-state index contributed by atoms with van der Waals surface area (Å²) in [6.07, 6.45) is 5.89. The van der Waals surface area contributed by atoms with E-state index in [1.54, 1.807) is 13.1 Å². The fourth-order valence-corrected chi connectivity index (χ4v) is 1.76. The number of nitrogens with zero attached hydrogens (tertiary/aromatic N) is 2. The Morgan fingerprint density at radius 1 is 1.35 bits per heavy atom. The zero-order valence-corrected chi connectivity index (χ0v) is 11.4. The number of carbonyl (C=O) groups excluding carboxylic acids is 1. The van der Waals surface area contributed by atoms with Gasteiger partial charge in [0.05, 0.1) is 6.20 Å². The third kappa shape index (κ3) is 4.17. The largest absolute Gasteiger partial charge is 0.361 e. The number of amides is 1. The van der Waals surface area contributed by atoms with Crippen LogP contribution in [0.2, 0.25) is 0 Å². The van der Waals surface area contributed by atoms with Crippen LogP contribution >= 0.6 is 0 Å². The summed E-state index contributed by atoms with van der Waals surface area (Å²) < 4.78 is 4.85. The molecule has 0 aromatic carbocycles. The molecule has 0 fully saturated rings. The van der Waals surface area contributed by atoms with E-state index in [1.165, 1.54) is 6.20 Å². The Bertz CT molecular complexity index is 539. The first kappa shape index (κ1) is 14.2. The van der Waals surface area contributed by atoms with E-state index in [2.05, 4.69) is 20.8 Å². The lowest BCUT2D eigenvalue weighted by Gasteiger charge is -2.06. The molecule has 0 radical (unpaired) electrons. The summed E-state index contributed by atoms with van der Waals surface area (Å²) in [7, 11) is 0. The van der Waals surface area contributed by atoms with Crippen LogP contribution in [0.1, 0.15) is 28.1 Å². The molecule has 0 aliphatic rings. The lowest BCUT2D eigenvalue weighted by atomic mass is 10.2. The fraction of sp³-hybridized carbons (Fsp3) is 0.357. The van der Waals surface area contributed by atoms with Crippen LogP contribution in [0.3, 0.4) is 0 Å². The lowest BCUT2D eigenvalue weighted by Crippen LogP contribution is -2.27. The molecule has 0 atom stereocenters. The molecule has 0 aliphatic heterocycles. The Hall–Kier alpha value is -2.21. The van der Waals surface area contributed by atoms with E-state index < -0.39 is 0 Å². The van der Waals surface area contributed by atoms with Gasteiger partial charge in [0, 0.05) is 25.5 Å². The molecule has 0 spiro atoms. The third-order valence-electron chi connectivity index (χ3n) is 2.86. The van der Waals surface area contributed by atoms with Gasteiger partial charge in [-0.2, -0.15) is 0 Å². The van der Waals surface area contributed by atoms with E-state index in [0.29, 0.717) is 17.9 Å². The Balaban J connectivity index is 1.58. The van der Waals surface area contributed by atoms with Crippen LogP contribution in [0.5, 0.6) is 0 Å². The van der Waals surface area contributed by atoms with Crippen molar-refractivity contribution >= 4 is 5.91 Å². The van der Waals surface area contributed by atoms with Crippen LogP contribution in [0, 0.1) is 6.92 Å².